The van der Waals surface area contributed by atoms with Gasteiger partial charge in [-0.15, -0.1) is 0 Å². The fraction of sp³-hybridized carbons (Fsp3) is 0.370. The number of aromatic nitrogens is 5. The SMILES string of the molecule is Cc1cnc2cc([C@H]3CC[C@H](c4c(C)ccnc4F)CC3)c(=O)n(Cc3ncccc3C(F)(F)F)c2n1. The van der Waals surface area contributed by atoms with Gasteiger partial charge in [0.05, 0.1) is 23.5 Å². The van der Waals surface area contributed by atoms with E-state index in [1.807, 2.05) is 6.92 Å². The van der Waals surface area contributed by atoms with Gasteiger partial charge in [-0.1, -0.05) is 0 Å². The molecular formula is C27H25F4N5O. The topological polar surface area (TPSA) is 73.6 Å². The summed E-state index contributed by atoms with van der Waals surface area (Å²) in [5, 5.41) is 0. The molecule has 37 heavy (non-hydrogen) atoms. The fourth-order valence-corrected chi connectivity index (χ4v) is 5.37. The van der Waals surface area contributed by atoms with Gasteiger partial charge in [0, 0.05) is 29.7 Å². The quantitative estimate of drug-likeness (QED) is 0.254. The smallest absolute Gasteiger partial charge is 0.285 e. The second-order valence-corrected chi connectivity index (χ2v) is 9.59. The van der Waals surface area contributed by atoms with Gasteiger partial charge in [0.25, 0.3) is 5.56 Å². The largest absolute Gasteiger partial charge is 0.418 e. The van der Waals surface area contributed by atoms with E-state index < -0.39 is 23.2 Å². The van der Waals surface area contributed by atoms with Crippen molar-refractivity contribution in [2.24, 2.45) is 0 Å². The minimum Gasteiger partial charge on any atom is -0.285 e. The minimum atomic E-state index is -4.61. The van der Waals surface area contributed by atoms with Crippen molar-refractivity contribution < 1.29 is 17.6 Å². The standard InChI is InChI=1S/C27H25F4N5O/c1-15-9-11-33-24(28)23(15)18-7-5-17(6-8-18)19-12-21-25(35-16(2)13-34-21)36(26(19)37)14-22-20(27(29,30)31)4-3-10-32-22/h3-4,9-13,17-18H,5-8,14H2,1-2H3/t17-,18-. The molecule has 0 N–H and O–H groups in total. The highest BCUT2D eigenvalue weighted by Crippen LogP contribution is 2.41. The Balaban J connectivity index is 1.53. The summed E-state index contributed by atoms with van der Waals surface area (Å²) in [6.45, 7) is 3.19. The zero-order valence-corrected chi connectivity index (χ0v) is 20.4. The van der Waals surface area contributed by atoms with Gasteiger partial charge < -0.3 is 0 Å². The Hall–Kier alpha value is -3.69. The van der Waals surface area contributed by atoms with Crippen LogP contribution < -0.4 is 5.56 Å². The molecule has 0 saturated heterocycles. The highest BCUT2D eigenvalue weighted by Gasteiger charge is 2.34. The first kappa shape index (κ1) is 25.0. The van der Waals surface area contributed by atoms with Gasteiger partial charge in [-0.2, -0.15) is 17.6 Å². The van der Waals surface area contributed by atoms with Gasteiger partial charge >= 0.3 is 6.18 Å². The van der Waals surface area contributed by atoms with E-state index in [1.165, 1.54) is 23.0 Å². The number of fused-ring (bicyclic) bond motifs is 1. The molecule has 0 aliphatic heterocycles. The van der Waals surface area contributed by atoms with Crippen molar-refractivity contribution in [2.75, 3.05) is 0 Å². The molecule has 0 atom stereocenters. The van der Waals surface area contributed by atoms with Crippen LogP contribution >= 0.6 is 0 Å². The van der Waals surface area contributed by atoms with Crippen molar-refractivity contribution in [1.82, 2.24) is 24.5 Å². The summed E-state index contributed by atoms with van der Waals surface area (Å²) in [5.74, 6) is -0.593. The molecule has 0 amide bonds. The number of pyridine rings is 3. The molecule has 0 spiro atoms. The highest BCUT2D eigenvalue weighted by molar-refractivity contribution is 5.71. The lowest BCUT2D eigenvalue weighted by Gasteiger charge is -2.30. The molecular weight excluding hydrogens is 486 g/mol. The normalized spacial score (nSPS) is 18.3. The number of nitrogens with zero attached hydrogens (tertiary/aromatic N) is 5. The van der Waals surface area contributed by atoms with Crippen LogP contribution in [0.15, 0.2) is 47.7 Å². The van der Waals surface area contributed by atoms with E-state index >= 15 is 0 Å². The molecule has 0 unspecified atom stereocenters. The zero-order valence-electron chi connectivity index (χ0n) is 20.4. The van der Waals surface area contributed by atoms with E-state index in [9.17, 15) is 22.4 Å². The summed E-state index contributed by atoms with van der Waals surface area (Å²) < 4.78 is 56.6. The van der Waals surface area contributed by atoms with Gasteiger partial charge in [-0.25, -0.2) is 9.97 Å². The number of hydrogen-bond donors (Lipinski definition) is 0. The van der Waals surface area contributed by atoms with Crippen LogP contribution in [0.3, 0.4) is 0 Å². The van der Waals surface area contributed by atoms with Crippen LogP contribution in [-0.4, -0.2) is 24.5 Å². The maximum Gasteiger partial charge on any atom is 0.418 e. The summed E-state index contributed by atoms with van der Waals surface area (Å²) in [6.07, 6.45) is 2.29. The number of alkyl halides is 3. The maximum atomic E-state index is 14.4. The van der Waals surface area contributed by atoms with Crippen LogP contribution in [0.2, 0.25) is 0 Å². The van der Waals surface area contributed by atoms with E-state index in [0.29, 0.717) is 48.0 Å². The Labute approximate surface area is 210 Å². The van der Waals surface area contributed by atoms with Crippen molar-refractivity contribution in [1.29, 1.82) is 0 Å². The van der Waals surface area contributed by atoms with Crippen LogP contribution in [0.25, 0.3) is 11.2 Å². The highest BCUT2D eigenvalue weighted by atomic mass is 19.4. The lowest BCUT2D eigenvalue weighted by molar-refractivity contribution is -0.138. The third-order valence-electron chi connectivity index (χ3n) is 7.18. The predicted octanol–water partition coefficient (Wildman–Crippen LogP) is 5.85. The van der Waals surface area contributed by atoms with Crippen molar-refractivity contribution in [3.8, 4) is 0 Å². The van der Waals surface area contributed by atoms with E-state index in [4.69, 9.17) is 0 Å². The minimum absolute atomic E-state index is 0.00191. The number of halogens is 4. The Bertz CT molecular complexity index is 1500. The predicted molar refractivity (Wildman–Crippen MR) is 130 cm³/mol. The number of aryl methyl sites for hydroxylation is 2. The molecule has 4 aromatic heterocycles. The molecule has 1 saturated carbocycles. The molecule has 0 bridgehead atoms. The molecule has 0 radical (unpaired) electrons. The molecule has 4 heterocycles. The summed E-state index contributed by atoms with van der Waals surface area (Å²) in [6, 6.07) is 5.67. The van der Waals surface area contributed by atoms with Crippen LogP contribution in [-0.2, 0) is 12.7 Å². The molecule has 1 aliphatic rings. The number of rotatable bonds is 4. The Morgan fingerprint density at radius 2 is 1.73 bits per heavy atom. The van der Waals surface area contributed by atoms with Crippen molar-refractivity contribution in [3.05, 3.63) is 92.8 Å². The molecule has 192 valence electrons. The first-order chi connectivity index (χ1) is 17.6. The van der Waals surface area contributed by atoms with Crippen LogP contribution in [0.1, 0.15) is 71.2 Å². The van der Waals surface area contributed by atoms with Crippen molar-refractivity contribution >= 4 is 11.2 Å². The van der Waals surface area contributed by atoms with Gasteiger partial charge in [0.1, 0.15) is 5.52 Å². The van der Waals surface area contributed by atoms with E-state index in [2.05, 4.69) is 19.9 Å². The lowest BCUT2D eigenvalue weighted by atomic mass is 9.75. The first-order valence-electron chi connectivity index (χ1n) is 12.1. The molecule has 4 aromatic rings. The molecule has 6 nitrogen and oxygen atoms in total. The number of hydrogen-bond acceptors (Lipinski definition) is 5. The molecule has 0 aromatic carbocycles. The molecule has 1 aliphatic carbocycles. The van der Waals surface area contributed by atoms with E-state index in [-0.39, 0.29) is 29.7 Å². The average molecular weight is 512 g/mol. The van der Waals surface area contributed by atoms with Crippen molar-refractivity contribution in [2.45, 2.75) is 64.1 Å². The summed E-state index contributed by atoms with van der Waals surface area (Å²) >= 11 is 0. The maximum absolute atomic E-state index is 14.4. The first-order valence-corrected chi connectivity index (χ1v) is 12.1. The van der Waals surface area contributed by atoms with E-state index in [1.54, 1.807) is 25.3 Å². The van der Waals surface area contributed by atoms with Crippen LogP contribution in [0.5, 0.6) is 0 Å². The third-order valence-corrected chi connectivity index (χ3v) is 7.18. The Morgan fingerprint density at radius 1 is 1.00 bits per heavy atom. The van der Waals surface area contributed by atoms with Gasteiger partial charge in [-0.3, -0.25) is 19.3 Å². The van der Waals surface area contributed by atoms with Crippen LogP contribution in [0.4, 0.5) is 17.6 Å². The summed E-state index contributed by atoms with van der Waals surface area (Å²) in [7, 11) is 0. The van der Waals surface area contributed by atoms with Crippen LogP contribution in [0, 0.1) is 19.8 Å². The third kappa shape index (κ3) is 4.84. The average Bonchev–Trinajstić information content (AvgIpc) is 2.86. The Morgan fingerprint density at radius 3 is 2.43 bits per heavy atom. The summed E-state index contributed by atoms with van der Waals surface area (Å²) in [4.78, 5) is 30.3. The summed E-state index contributed by atoms with van der Waals surface area (Å²) in [5.41, 5.74) is 1.59. The van der Waals surface area contributed by atoms with Gasteiger partial charge in [0.2, 0.25) is 5.95 Å². The Kier molecular flexibility index (Phi) is 6.51. The lowest BCUT2D eigenvalue weighted by Crippen LogP contribution is -2.29. The zero-order chi connectivity index (χ0) is 26.3. The second-order valence-electron chi connectivity index (χ2n) is 9.59. The molecule has 10 heteroatoms. The second kappa shape index (κ2) is 9.64. The monoisotopic (exact) mass is 511 g/mol. The molecule has 1 fully saturated rings. The fourth-order valence-electron chi connectivity index (χ4n) is 5.37. The molecule has 5 rings (SSSR count). The van der Waals surface area contributed by atoms with Crippen molar-refractivity contribution in [3.63, 3.8) is 0 Å². The van der Waals surface area contributed by atoms with Gasteiger partial charge in [-0.05, 0) is 81.2 Å². The van der Waals surface area contributed by atoms with Gasteiger partial charge in [0.15, 0.2) is 5.65 Å². The van der Waals surface area contributed by atoms with E-state index in [0.717, 1.165) is 11.6 Å².